The normalized spacial score (nSPS) is 28.0. The molecule has 0 spiro atoms. The lowest BCUT2D eigenvalue weighted by atomic mass is 9.60. The number of carbonyl (C=O) groups excluding carboxylic acids is 1. The van der Waals surface area contributed by atoms with Gasteiger partial charge in [0.25, 0.3) is 5.91 Å². The number of imidazole rings is 1. The largest absolute Gasteiger partial charge is 0.373 e. The number of carbonyl (C=O) groups is 1. The Bertz CT molecular complexity index is 839. The molecule has 2 saturated carbocycles. The number of aryl methyl sites for hydroxylation is 2. The van der Waals surface area contributed by atoms with Crippen LogP contribution in [0.5, 0.6) is 0 Å². The summed E-state index contributed by atoms with van der Waals surface area (Å²) in [5.74, 6) is 0.908. The third-order valence-electron chi connectivity index (χ3n) is 5.61. The van der Waals surface area contributed by atoms with Gasteiger partial charge in [0, 0.05) is 17.4 Å². The van der Waals surface area contributed by atoms with Crippen LogP contribution in [0.3, 0.4) is 0 Å². The topological polar surface area (TPSA) is 68.5 Å². The molecule has 2 aliphatic rings. The van der Waals surface area contributed by atoms with Gasteiger partial charge in [-0.05, 0) is 71.8 Å². The van der Waals surface area contributed by atoms with Crippen LogP contribution in [0.2, 0.25) is 0 Å². The molecule has 6 nitrogen and oxygen atoms in total. The standard InChI is InChI=1S/C20H28N4O2/c1-11-6-12(2)24-10-21-17(18(24)22-11)19(25)23-16-13-7-14(16)9-15(8-13)26-20(3,4)5/h6,10,13-16H,7-9H2,1-5H3,(H,23,25)/t13-,14?,15+,16-/m1/s1. The summed E-state index contributed by atoms with van der Waals surface area (Å²) in [6.45, 7) is 10.2. The van der Waals surface area contributed by atoms with Crippen molar-refractivity contribution >= 4 is 11.6 Å². The number of amides is 1. The highest BCUT2D eigenvalue weighted by molar-refractivity contribution is 5.98. The summed E-state index contributed by atoms with van der Waals surface area (Å²) >= 11 is 0. The summed E-state index contributed by atoms with van der Waals surface area (Å²) in [6.07, 6.45) is 5.24. The Morgan fingerprint density at radius 1 is 1.23 bits per heavy atom. The Morgan fingerprint density at radius 2 is 1.92 bits per heavy atom. The lowest BCUT2D eigenvalue weighted by Gasteiger charge is -2.53. The predicted octanol–water partition coefficient (Wildman–Crippen LogP) is 3.06. The second-order valence-electron chi connectivity index (χ2n) is 8.90. The van der Waals surface area contributed by atoms with E-state index in [9.17, 15) is 4.79 Å². The first-order valence-electron chi connectivity index (χ1n) is 9.51. The second-order valence-corrected chi connectivity index (χ2v) is 8.90. The van der Waals surface area contributed by atoms with E-state index in [2.05, 4.69) is 36.1 Å². The molecule has 0 aromatic carbocycles. The number of nitrogens with one attached hydrogen (secondary N) is 1. The predicted molar refractivity (Wildman–Crippen MR) is 99.2 cm³/mol. The van der Waals surface area contributed by atoms with E-state index in [-0.39, 0.29) is 17.6 Å². The lowest BCUT2D eigenvalue weighted by molar-refractivity contribution is -0.125. The van der Waals surface area contributed by atoms with Gasteiger partial charge in [-0.25, -0.2) is 9.97 Å². The summed E-state index contributed by atoms with van der Waals surface area (Å²) in [5, 5.41) is 3.22. The molecule has 140 valence electrons. The van der Waals surface area contributed by atoms with E-state index in [4.69, 9.17) is 4.74 Å². The first-order valence-corrected chi connectivity index (χ1v) is 9.51. The molecule has 6 heteroatoms. The first kappa shape index (κ1) is 17.5. The maximum absolute atomic E-state index is 12.8. The zero-order valence-corrected chi connectivity index (χ0v) is 16.2. The van der Waals surface area contributed by atoms with Crippen molar-refractivity contribution in [2.24, 2.45) is 11.8 Å². The van der Waals surface area contributed by atoms with Crippen molar-refractivity contribution in [3.63, 3.8) is 0 Å². The maximum atomic E-state index is 12.8. The van der Waals surface area contributed by atoms with Gasteiger partial charge in [-0.15, -0.1) is 0 Å². The molecular weight excluding hydrogens is 328 g/mol. The SMILES string of the molecule is Cc1cc(C)n2cnc(C(=O)N[C@H]3C4C[C@@H](OC(C)(C)C)C[C@H]3C4)c2n1. The third kappa shape index (κ3) is 3.11. The minimum atomic E-state index is -0.111. The summed E-state index contributed by atoms with van der Waals surface area (Å²) in [5.41, 5.74) is 2.88. The van der Waals surface area contributed by atoms with Gasteiger partial charge < -0.3 is 10.1 Å². The van der Waals surface area contributed by atoms with Crippen LogP contribution in [0.25, 0.3) is 5.65 Å². The van der Waals surface area contributed by atoms with Gasteiger partial charge in [-0.2, -0.15) is 0 Å². The zero-order chi connectivity index (χ0) is 18.6. The average Bonchev–Trinajstić information content (AvgIpc) is 2.95. The zero-order valence-electron chi connectivity index (χ0n) is 16.2. The molecule has 26 heavy (non-hydrogen) atoms. The number of rotatable bonds is 3. The monoisotopic (exact) mass is 356 g/mol. The highest BCUT2D eigenvalue weighted by Crippen LogP contribution is 2.47. The Morgan fingerprint density at radius 3 is 2.58 bits per heavy atom. The van der Waals surface area contributed by atoms with Gasteiger partial charge in [0.15, 0.2) is 11.3 Å². The number of nitrogens with zero attached hydrogens (tertiary/aromatic N) is 3. The molecule has 1 N–H and O–H groups in total. The number of hydrogen-bond donors (Lipinski definition) is 1. The van der Waals surface area contributed by atoms with Crippen molar-refractivity contribution in [2.45, 2.75) is 71.6 Å². The number of ether oxygens (including phenoxy) is 1. The van der Waals surface area contributed by atoms with E-state index in [1.54, 1.807) is 6.33 Å². The summed E-state index contributed by atoms with van der Waals surface area (Å²) in [6, 6.07) is 2.23. The van der Waals surface area contributed by atoms with Gasteiger partial charge in [0.2, 0.25) is 0 Å². The van der Waals surface area contributed by atoms with Crippen molar-refractivity contribution in [1.29, 1.82) is 0 Å². The second kappa shape index (κ2) is 6.05. The van der Waals surface area contributed by atoms with E-state index >= 15 is 0 Å². The highest BCUT2D eigenvalue weighted by atomic mass is 16.5. The average molecular weight is 356 g/mol. The van der Waals surface area contributed by atoms with Gasteiger partial charge in [-0.1, -0.05) is 0 Å². The van der Waals surface area contributed by atoms with Crippen LogP contribution in [0, 0.1) is 25.7 Å². The Kier molecular flexibility index (Phi) is 4.06. The van der Waals surface area contributed by atoms with E-state index in [1.165, 1.54) is 6.42 Å². The van der Waals surface area contributed by atoms with Crippen LogP contribution in [0.15, 0.2) is 12.4 Å². The van der Waals surface area contributed by atoms with Crippen molar-refractivity contribution in [3.05, 3.63) is 29.5 Å². The molecule has 2 bridgehead atoms. The summed E-state index contributed by atoms with van der Waals surface area (Å²) in [4.78, 5) is 21.7. The smallest absolute Gasteiger partial charge is 0.274 e. The van der Waals surface area contributed by atoms with Crippen LogP contribution < -0.4 is 5.32 Å². The highest BCUT2D eigenvalue weighted by Gasteiger charge is 2.49. The number of fused-ring (bicyclic) bond motifs is 3. The fraction of sp³-hybridized carbons (Fsp3) is 0.650. The van der Waals surface area contributed by atoms with Crippen LogP contribution in [0.1, 0.15) is 61.9 Å². The van der Waals surface area contributed by atoms with Gasteiger partial charge in [-0.3, -0.25) is 9.20 Å². The van der Waals surface area contributed by atoms with E-state index < -0.39 is 0 Å². The lowest BCUT2D eigenvalue weighted by Crippen LogP contribution is -2.59. The molecule has 1 unspecified atom stereocenters. The molecule has 0 saturated heterocycles. The van der Waals surface area contributed by atoms with Crippen LogP contribution >= 0.6 is 0 Å². The number of hydrogen-bond acceptors (Lipinski definition) is 4. The molecule has 2 aliphatic carbocycles. The fourth-order valence-electron chi connectivity index (χ4n) is 4.62. The fourth-order valence-corrected chi connectivity index (χ4v) is 4.62. The van der Waals surface area contributed by atoms with E-state index in [0.29, 0.717) is 29.3 Å². The van der Waals surface area contributed by atoms with Crippen molar-refractivity contribution in [2.75, 3.05) is 0 Å². The van der Waals surface area contributed by atoms with Gasteiger partial charge >= 0.3 is 0 Å². The van der Waals surface area contributed by atoms with E-state index in [1.807, 2.05) is 24.3 Å². The Hall–Kier alpha value is -1.95. The van der Waals surface area contributed by atoms with Crippen LogP contribution in [0.4, 0.5) is 0 Å². The Balaban J connectivity index is 1.46. The number of aromatic nitrogens is 3. The molecule has 2 fully saturated rings. The van der Waals surface area contributed by atoms with Gasteiger partial charge in [0.1, 0.15) is 6.33 Å². The molecule has 2 aromatic heterocycles. The first-order chi connectivity index (χ1) is 12.2. The van der Waals surface area contributed by atoms with Crippen molar-refractivity contribution in [3.8, 4) is 0 Å². The molecule has 2 aromatic rings. The minimum absolute atomic E-state index is 0.107. The summed E-state index contributed by atoms with van der Waals surface area (Å²) < 4.78 is 8.02. The summed E-state index contributed by atoms with van der Waals surface area (Å²) in [7, 11) is 0. The molecule has 1 amide bonds. The molecule has 0 aliphatic heterocycles. The third-order valence-corrected chi connectivity index (χ3v) is 5.61. The van der Waals surface area contributed by atoms with Gasteiger partial charge in [0.05, 0.1) is 11.7 Å². The van der Waals surface area contributed by atoms with E-state index in [0.717, 1.165) is 24.2 Å². The molecule has 4 rings (SSSR count). The van der Waals surface area contributed by atoms with Crippen LogP contribution in [-0.2, 0) is 4.74 Å². The molecule has 0 radical (unpaired) electrons. The Labute approximate surface area is 154 Å². The molecule has 2 heterocycles. The molecular formula is C20H28N4O2. The quantitative estimate of drug-likeness (QED) is 0.918. The maximum Gasteiger partial charge on any atom is 0.274 e. The van der Waals surface area contributed by atoms with Crippen molar-refractivity contribution < 1.29 is 9.53 Å². The molecule has 4 atom stereocenters. The minimum Gasteiger partial charge on any atom is -0.373 e. The van der Waals surface area contributed by atoms with Crippen LogP contribution in [-0.4, -0.2) is 38.0 Å². The van der Waals surface area contributed by atoms with Crippen molar-refractivity contribution in [1.82, 2.24) is 19.7 Å².